The lowest BCUT2D eigenvalue weighted by molar-refractivity contribution is -0.132. The van der Waals surface area contributed by atoms with Gasteiger partial charge in [0.25, 0.3) is 0 Å². The molecule has 1 aliphatic heterocycles. The SMILES string of the molecule is C[C@H]1CNC(=O)[C@H](C)NC(=O)[C@H](C)NC(=O)C2(N)C=Cc3cccc(c3C2)OC1. The maximum Gasteiger partial charge on any atom is 0.245 e. The van der Waals surface area contributed by atoms with Crippen LogP contribution >= 0.6 is 0 Å². The number of hydrogen-bond donors (Lipinski definition) is 4. The third-order valence-corrected chi connectivity index (χ3v) is 5.26. The highest BCUT2D eigenvalue weighted by Crippen LogP contribution is 2.32. The number of nitrogens with two attached hydrogens (primary N) is 1. The zero-order valence-electron chi connectivity index (χ0n) is 17.0. The lowest BCUT2D eigenvalue weighted by Gasteiger charge is -2.31. The van der Waals surface area contributed by atoms with Gasteiger partial charge in [0.2, 0.25) is 17.7 Å². The fourth-order valence-electron chi connectivity index (χ4n) is 3.33. The van der Waals surface area contributed by atoms with E-state index in [0.29, 0.717) is 18.9 Å². The summed E-state index contributed by atoms with van der Waals surface area (Å²) in [5.74, 6) is -0.493. The van der Waals surface area contributed by atoms with Crippen LogP contribution in [0, 0.1) is 5.92 Å². The number of fused-ring (bicyclic) bond motifs is 1. The van der Waals surface area contributed by atoms with E-state index in [2.05, 4.69) is 16.0 Å². The molecule has 0 saturated carbocycles. The van der Waals surface area contributed by atoms with E-state index >= 15 is 0 Å². The van der Waals surface area contributed by atoms with E-state index in [1.165, 1.54) is 0 Å². The van der Waals surface area contributed by atoms with Gasteiger partial charge < -0.3 is 26.4 Å². The maximum absolute atomic E-state index is 12.9. The highest BCUT2D eigenvalue weighted by atomic mass is 16.5. The van der Waals surface area contributed by atoms with E-state index in [4.69, 9.17) is 10.5 Å². The molecule has 3 rings (SSSR count). The number of carbonyl (C=O) groups is 3. The van der Waals surface area contributed by atoms with Crippen LogP contribution in [-0.4, -0.2) is 48.5 Å². The highest BCUT2D eigenvalue weighted by Gasteiger charge is 2.37. The van der Waals surface area contributed by atoms with Crippen molar-refractivity contribution in [2.45, 2.75) is 44.8 Å². The third kappa shape index (κ3) is 4.59. The molecule has 8 nitrogen and oxygen atoms in total. The van der Waals surface area contributed by atoms with Crippen molar-refractivity contribution < 1.29 is 19.1 Å². The normalized spacial score (nSPS) is 30.6. The van der Waals surface area contributed by atoms with Crippen LogP contribution < -0.4 is 26.4 Å². The van der Waals surface area contributed by atoms with Gasteiger partial charge in [-0.1, -0.05) is 31.2 Å². The molecular weight excluding hydrogens is 372 g/mol. The maximum atomic E-state index is 12.9. The first-order valence-corrected chi connectivity index (χ1v) is 9.81. The van der Waals surface area contributed by atoms with Crippen LogP contribution in [0.3, 0.4) is 0 Å². The first-order chi connectivity index (χ1) is 13.7. The van der Waals surface area contributed by atoms with Gasteiger partial charge >= 0.3 is 0 Å². The summed E-state index contributed by atoms with van der Waals surface area (Å²) in [5.41, 5.74) is 6.89. The Kier molecular flexibility index (Phi) is 5.93. The quantitative estimate of drug-likeness (QED) is 0.492. The van der Waals surface area contributed by atoms with Crippen LogP contribution in [0.1, 0.15) is 31.9 Å². The van der Waals surface area contributed by atoms with Crippen molar-refractivity contribution in [1.29, 1.82) is 0 Å². The van der Waals surface area contributed by atoms with Gasteiger partial charge in [0.05, 0.1) is 6.61 Å². The first kappa shape index (κ1) is 20.9. The molecule has 156 valence electrons. The second-order valence-corrected chi connectivity index (χ2v) is 7.96. The van der Waals surface area contributed by atoms with Gasteiger partial charge in [0, 0.05) is 24.4 Å². The lowest BCUT2D eigenvalue weighted by atomic mass is 9.82. The Morgan fingerprint density at radius 2 is 1.79 bits per heavy atom. The molecule has 0 fully saturated rings. The molecule has 5 N–H and O–H groups in total. The molecule has 1 heterocycles. The van der Waals surface area contributed by atoms with E-state index in [-0.39, 0.29) is 18.2 Å². The zero-order valence-corrected chi connectivity index (χ0v) is 17.0. The standard InChI is InChI=1S/C21H28N4O4/c1-12-10-23-18(26)13(2)24-19(27)14(3)25-20(28)21(22)8-7-15-5-4-6-17(29-11-12)16(15)9-21/h4-8,12-14H,9-11,22H2,1-3H3,(H,23,26)(H,24,27)(H,25,28)/t12-,13-,14-,21?/m0/s1. The van der Waals surface area contributed by atoms with Crippen molar-refractivity contribution in [3.05, 3.63) is 35.4 Å². The molecule has 0 aromatic heterocycles. The van der Waals surface area contributed by atoms with Crippen molar-refractivity contribution in [3.63, 3.8) is 0 Å². The van der Waals surface area contributed by atoms with Crippen molar-refractivity contribution >= 4 is 23.8 Å². The zero-order chi connectivity index (χ0) is 21.2. The van der Waals surface area contributed by atoms with E-state index in [0.717, 1.165) is 11.1 Å². The predicted molar refractivity (Wildman–Crippen MR) is 109 cm³/mol. The average Bonchev–Trinajstić information content (AvgIpc) is 2.69. The number of rotatable bonds is 0. The molecule has 0 radical (unpaired) electrons. The molecule has 2 bridgehead atoms. The second kappa shape index (κ2) is 8.24. The van der Waals surface area contributed by atoms with Crippen molar-refractivity contribution in [2.24, 2.45) is 11.7 Å². The summed E-state index contributed by atoms with van der Waals surface area (Å²) in [6.45, 7) is 5.92. The van der Waals surface area contributed by atoms with Crippen LogP contribution in [0.15, 0.2) is 24.3 Å². The van der Waals surface area contributed by atoms with Crippen LogP contribution in [0.25, 0.3) is 6.08 Å². The highest BCUT2D eigenvalue weighted by molar-refractivity contribution is 5.96. The number of hydrogen-bond acceptors (Lipinski definition) is 5. The molecule has 29 heavy (non-hydrogen) atoms. The summed E-state index contributed by atoms with van der Waals surface area (Å²) >= 11 is 0. The molecule has 1 aromatic rings. The molecule has 1 aromatic carbocycles. The van der Waals surface area contributed by atoms with E-state index in [9.17, 15) is 14.4 Å². The molecule has 0 spiro atoms. The summed E-state index contributed by atoms with van der Waals surface area (Å²) in [5, 5.41) is 8.09. The molecule has 0 saturated heterocycles. The van der Waals surface area contributed by atoms with Gasteiger partial charge in [-0.05, 0) is 25.5 Å². The summed E-state index contributed by atoms with van der Waals surface area (Å²) < 4.78 is 6.00. The summed E-state index contributed by atoms with van der Waals surface area (Å²) in [4.78, 5) is 37.5. The number of nitrogens with one attached hydrogen (secondary N) is 3. The van der Waals surface area contributed by atoms with Gasteiger partial charge in [-0.25, -0.2) is 0 Å². The van der Waals surface area contributed by atoms with Gasteiger partial charge in [0.15, 0.2) is 0 Å². The third-order valence-electron chi connectivity index (χ3n) is 5.26. The number of benzene rings is 1. The second-order valence-electron chi connectivity index (χ2n) is 7.96. The molecular formula is C21H28N4O4. The van der Waals surface area contributed by atoms with Crippen LogP contribution in [0.5, 0.6) is 5.75 Å². The Morgan fingerprint density at radius 1 is 1.07 bits per heavy atom. The van der Waals surface area contributed by atoms with Crippen LogP contribution in [0.2, 0.25) is 0 Å². The fourth-order valence-corrected chi connectivity index (χ4v) is 3.33. The molecule has 2 aliphatic rings. The first-order valence-electron chi connectivity index (χ1n) is 9.81. The van der Waals surface area contributed by atoms with Gasteiger partial charge in [0.1, 0.15) is 23.4 Å². The Bertz CT molecular complexity index is 853. The van der Waals surface area contributed by atoms with Crippen LogP contribution in [-0.2, 0) is 20.8 Å². The largest absolute Gasteiger partial charge is 0.493 e. The molecule has 1 unspecified atom stereocenters. The van der Waals surface area contributed by atoms with Gasteiger partial charge in [-0.3, -0.25) is 14.4 Å². The Labute approximate surface area is 170 Å². The van der Waals surface area contributed by atoms with E-state index < -0.39 is 29.4 Å². The summed E-state index contributed by atoms with van der Waals surface area (Å²) in [6, 6.07) is 4.11. The lowest BCUT2D eigenvalue weighted by Crippen LogP contribution is -2.59. The number of carbonyl (C=O) groups excluding carboxylic acids is 3. The monoisotopic (exact) mass is 400 g/mol. The van der Waals surface area contributed by atoms with Gasteiger partial charge in [-0.2, -0.15) is 0 Å². The fraction of sp³-hybridized carbons (Fsp3) is 0.476. The Morgan fingerprint density at radius 3 is 2.55 bits per heavy atom. The molecule has 1 aliphatic carbocycles. The molecule has 3 amide bonds. The average molecular weight is 400 g/mol. The minimum Gasteiger partial charge on any atom is -0.493 e. The Balaban J connectivity index is 1.91. The Hall–Kier alpha value is -2.87. The van der Waals surface area contributed by atoms with E-state index in [1.807, 2.05) is 31.2 Å². The minimum atomic E-state index is -1.30. The smallest absolute Gasteiger partial charge is 0.245 e. The minimum absolute atomic E-state index is 0.0506. The number of amides is 3. The van der Waals surface area contributed by atoms with Crippen LogP contribution in [0.4, 0.5) is 0 Å². The molecule has 4 atom stereocenters. The van der Waals surface area contributed by atoms with Crippen molar-refractivity contribution in [2.75, 3.05) is 13.2 Å². The summed E-state index contributed by atoms with van der Waals surface area (Å²) in [6.07, 6.45) is 3.72. The topological polar surface area (TPSA) is 123 Å². The summed E-state index contributed by atoms with van der Waals surface area (Å²) in [7, 11) is 0. The number of ether oxygens (including phenoxy) is 1. The predicted octanol–water partition coefficient (Wildman–Crippen LogP) is 0.108. The van der Waals surface area contributed by atoms with Gasteiger partial charge in [-0.15, -0.1) is 0 Å². The molecule has 8 heteroatoms. The van der Waals surface area contributed by atoms with Crippen molar-refractivity contribution in [3.8, 4) is 5.75 Å². The van der Waals surface area contributed by atoms with E-state index in [1.54, 1.807) is 19.9 Å². The van der Waals surface area contributed by atoms with Crippen molar-refractivity contribution in [1.82, 2.24) is 16.0 Å².